The summed E-state index contributed by atoms with van der Waals surface area (Å²) in [6.45, 7) is 1.34. The molecule has 0 saturated heterocycles. The molecule has 0 N–H and O–H groups in total. The van der Waals surface area contributed by atoms with Crippen molar-refractivity contribution in [3.8, 4) is 28.7 Å². The Balaban J connectivity index is 1.80. The number of methoxy groups -OCH3 is 1. The molecule has 0 spiro atoms. The van der Waals surface area contributed by atoms with Crippen LogP contribution in [0.25, 0.3) is 22.9 Å². The minimum Gasteiger partial charge on any atom is -0.465 e. The van der Waals surface area contributed by atoms with E-state index in [2.05, 4.69) is 14.9 Å². The van der Waals surface area contributed by atoms with Crippen LogP contribution in [0.4, 0.5) is 0 Å². The molecule has 0 fully saturated rings. The van der Waals surface area contributed by atoms with Crippen molar-refractivity contribution in [1.82, 2.24) is 10.2 Å². The second-order valence-electron chi connectivity index (χ2n) is 5.10. The maximum absolute atomic E-state index is 11.4. The molecule has 3 rings (SSSR count). The molecule has 0 aliphatic rings. The van der Waals surface area contributed by atoms with Crippen molar-refractivity contribution in [1.29, 1.82) is 0 Å². The first-order valence-electron chi connectivity index (χ1n) is 7.38. The van der Waals surface area contributed by atoms with E-state index in [0.29, 0.717) is 34.2 Å². The summed E-state index contributed by atoms with van der Waals surface area (Å²) < 4.78 is 15.3. The zero-order valence-corrected chi connectivity index (χ0v) is 13.6. The van der Waals surface area contributed by atoms with Crippen molar-refractivity contribution in [2.45, 2.75) is 6.92 Å². The summed E-state index contributed by atoms with van der Waals surface area (Å²) in [5.41, 5.74) is 1.82. The molecule has 0 amide bonds. The fourth-order valence-electron chi connectivity index (χ4n) is 2.15. The van der Waals surface area contributed by atoms with E-state index < -0.39 is 5.97 Å². The molecule has 25 heavy (non-hydrogen) atoms. The first kappa shape index (κ1) is 16.4. The van der Waals surface area contributed by atoms with E-state index in [-0.39, 0.29) is 5.97 Å². The van der Waals surface area contributed by atoms with E-state index in [1.807, 2.05) is 0 Å². The van der Waals surface area contributed by atoms with Crippen LogP contribution in [0, 0.1) is 0 Å². The Hall–Kier alpha value is -3.48. The smallest absolute Gasteiger partial charge is 0.337 e. The number of aromatic nitrogens is 2. The molecule has 0 bridgehead atoms. The van der Waals surface area contributed by atoms with E-state index in [1.54, 1.807) is 48.5 Å². The lowest BCUT2D eigenvalue weighted by molar-refractivity contribution is -0.131. The van der Waals surface area contributed by atoms with Crippen LogP contribution in [0.2, 0.25) is 0 Å². The van der Waals surface area contributed by atoms with Gasteiger partial charge >= 0.3 is 11.9 Å². The highest BCUT2D eigenvalue weighted by molar-refractivity contribution is 5.89. The normalized spacial score (nSPS) is 10.3. The number of hydrogen-bond donors (Lipinski definition) is 0. The van der Waals surface area contributed by atoms with Crippen molar-refractivity contribution in [3.63, 3.8) is 0 Å². The molecule has 0 atom stereocenters. The predicted molar refractivity (Wildman–Crippen MR) is 87.8 cm³/mol. The Bertz CT molecular complexity index is 898. The third-order valence-corrected chi connectivity index (χ3v) is 3.34. The number of ether oxygens (including phenoxy) is 2. The largest absolute Gasteiger partial charge is 0.465 e. The van der Waals surface area contributed by atoms with Crippen molar-refractivity contribution in [2.75, 3.05) is 7.11 Å². The molecule has 0 aliphatic carbocycles. The van der Waals surface area contributed by atoms with Crippen molar-refractivity contribution in [2.24, 2.45) is 0 Å². The fraction of sp³-hybridized carbons (Fsp3) is 0.111. The Morgan fingerprint density at radius 2 is 1.40 bits per heavy atom. The van der Waals surface area contributed by atoms with Crippen LogP contribution in [0.5, 0.6) is 5.75 Å². The van der Waals surface area contributed by atoms with Gasteiger partial charge in [0.15, 0.2) is 0 Å². The van der Waals surface area contributed by atoms with E-state index >= 15 is 0 Å². The summed E-state index contributed by atoms with van der Waals surface area (Å²) in [6, 6.07) is 13.4. The topological polar surface area (TPSA) is 91.5 Å². The van der Waals surface area contributed by atoms with Gasteiger partial charge in [0.2, 0.25) is 11.8 Å². The molecule has 1 heterocycles. The first-order valence-corrected chi connectivity index (χ1v) is 7.38. The molecular weight excluding hydrogens is 324 g/mol. The Morgan fingerprint density at radius 1 is 0.880 bits per heavy atom. The molecule has 7 nitrogen and oxygen atoms in total. The number of nitrogens with zero attached hydrogens (tertiary/aromatic N) is 2. The van der Waals surface area contributed by atoms with E-state index in [0.717, 1.165) is 0 Å². The van der Waals surface area contributed by atoms with Crippen LogP contribution in [-0.2, 0) is 9.53 Å². The molecule has 0 radical (unpaired) electrons. The maximum atomic E-state index is 11.4. The lowest BCUT2D eigenvalue weighted by atomic mass is 10.1. The van der Waals surface area contributed by atoms with Crippen molar-refractivity contribution in [3.05, 3.63) is 54.1 Å². The Kier molecular flexibility index (Phi) is 4.56. The summed E-state index contributed by atoms with van der Waals surface area (Å²) in [5, 5.41) is 8.02. The molecule has 3 aromatic rings. The van der Waals surface area contributed by atoms with E-state index in [9.17, 15) is 9.59 Å². The van der Waals surface area contributed by atoms with Gasteiger partial charge in [0.05, 0.1) is 12.7 Å². The van der Waals surface area contributed by atoms with Crippen molar-refractivity contribution < 1.29 is 23.5 Å². The van der Waals surface area contributed by atoms with Crippen molar-refractivity contribution >= 4 is 11.9 Å². The molecule has 0 aliphatic heterocycles. The lowest BCUT2D eigenvalue weighted by Crippen LogP contribution is -2.00. The van der Waals surface area contributed by atoms with Gasteiger partial charge in [-0.3, -0.25) is 4.79 Å². The second-order valence-corrected chi connectivity index (χ2v) is 5.10. The highest BCUT2D eigenvalue weighted by atomic mass is 16.5. The number of hydrogen-bond acceptors (Lipinski definition) is 7. The quantitative estimate of drug-likeness (QED) is 0.533. The van der Waals surface area contributed by atoms with E-state index in [1.165, 1.54) is 14.0 Å². The van der Waals surface area contributed by atoms with Gasteiger partial charge in [0.1, 0.15) is 5.75 Å². The van der Waals surface area contributed by atoms with Crippen LogP contribution in [-0.4, -0.2) is 29.2 Å². The number of carbonyl (C=O) groups is 2. The molecule has 7 heteroatoms. The molecule has 0 saturated carbocycles. The van der Waals surface area contributed by atoms with Gasteiger partial charge in [-0.05, 0) is 48.5 Å². The number of esters is 2. The van der Waals surface area contributed by atoms with E-state index in [4.69, 9.17) is 9.15 Å². The van der Waals surface area contributed by atoms with Gasteiger partial charge in [-0.1, -0.05) is 0 Å². The molecule has 2 aromatic carbocycles. The summed E-state index contributed by atoms with van der Waals surface area (Å²) in [4.78, 5) is 22.4. The minimum atomic E-state index is -0.411. The third kappa shape index (κ3) is 3.72. The van der Waals surface area contributed by atoms with Gasteiger partial charge < -0.3 is 13.9 Å². The van der Waals surface area contributed by atoms with Crippen LogP contribution < -0.4 is 4.74 Å². The third-order valence-electron chi connectivity index (χ3n) is 3.34. The average molecular weight is 338 g/mol. The monoisotopic (exact) mass is 338 g/mol. The Morgan fingerprint density at radius 3 is 1.88 bits per heavy atom. The molecule has 1 aromatic heterocycles. The van der Waals surface area contributed by atoms with Crippen LogP contribution in [0.1, 0.15) is 17.3 Å². The van der Waals surface area contributed by atoms with Gasteiger partial charge in [0.25, 0.3) is 0 Å². The maximum Gasteiger partial charge on any atom is 0.337 e. The van der Waals surface area contributed by atoms with Crippen LogP contribution in [0.15, 0.2) is 52.9 Å². The van der Waals surface area contributed by atoms with Crippen LogP contribution in [0.3, 0.4) is 0 Å². The Labute approximate surface area is 143 Å². The first-order chi connectivity index (χ1) is 12.1. The fourth-order valence-corrected chi connectivity index (χ4v) is 2.15. The summed E-state index contributed by atoms with van der Waals surface area (Å²) in [5.74, 6) is 0.306. The summed E-state index contributed by atoms with van der Waals surface area (Å²) in [6.07, 6.45) is 0. The molecule has 126 valence electrons. The zero-order chi connectivity index (χ0) is 17.8. The summed E-state index contributed by atoms with van der Waals surface area (Å²) in [7, 11) is 1.33. The highest BCUT2D eigenvalue weighted by Gasteiger charge is 2.12. The van der Waals surface area contributed by atoms with Gasteiger partial charge in [0, 0.05) is 18.1 Å². The van der Waals surface area contributed by atoms with Gasteiger partial charge in [-0.15, -0.1) is 10.2 Å². The number of benzene rings is 2. The SMILES string of the molecule is COC(=O)c1ccc(-c2nnc(-c3ccc(OC(C)=O)cc3)o2)cc1. The molecular formula is C18H14N2O5. The second kappa shape index (κ2) is 6.96. The predicted octanol–water partition coefficient (Wildman–Crippen LogP) is 3.12. The minimum absolute atomic E-state index is 0.329. The average Bonchev–Trinajstić information content (AvgIpc) is 3.11. The standard InChI is InChI=1S/C18H14N2O5/c1-11(21)24-15-9-7-13(8-10-15)17-20-19-16(25-17)12-3-5-14(6-4-12)18(22)23-2/h3-10H,1-2H3. The van der Waals surface area contributed by atoms with Gasteiger partial charge in [-0.2, -0.15) is 0 Å². The summed E-state index contributed by atoms with van der Waals surface area (Å²) >= 11 is 0. The number of rotatable bonds is 4. The van der Waals surface area contributed by atoms with Gasteiger partial charge in [-0.25, -0.2) is 4.79 Å². The molecule has 0 unspecified atom stereocenters. The zero-order valence-electron chi connectivity index (χ0n) is 13.6. The van der Waals surface area contributed by atoms with Crippen LogP contribution >= 0.6 is 0 Å². The highest BCUT2D eigenvalue weighted by Crippen LogP contribution is 2.25. The lowest BCUT2D eigenvalue weighted by Gasteiger charge is -2.01. The number of carbonyl (C=O) groups excluding carboxylic acids is 2.